The summed E-state index contributed by atoms with van der Waals surface area (Å²) in [5.74, 6) is -1.00. The van der Waals surface area contributed by atoms with Crippen LogP contribution in [0.4, 0.5) is 33.7 Å². The number of amides is 1. The van der Waals surface area contributed by atoms with Gasteiger partial charge in [-0.15, -0.1) is 0 Å². The van der Waals surface area contributed by atoms with E-state index in [1.807, 2.05) is 0 Å². The zero-order valence-electron chi connectivity index (χ0n) is 21.8. The number of aliphatic hydroxyl groups excluding tert-OH is 1. The number of halogens is 4. The van der Waals surface area contributed by atoms with Crippen molar-refractivity contribution >= 4 is 27.5 Å². The third-order valence-electron chi connectivity index (χ3n) is 6.96. The summed E-state index contributed by atoms with van der Waals surface area (Å²) in [6.07, 6.45) is -5.39. The van der Waals surface area contributed by atoms with Crippen LogP contribution >= 0.6 is 0 Å². The summed E-state index contributed by atoms with van der Waals surface area (Å²) in [6, 6.07) is 6.90. The topological polar surface area (TPSA) is 114 Å². The zero-order chi connectivity index (χ0) is 29.7. The number of carbonyl (C=O) groups excluding carboxylic acids is 1. The van der Waals surface area contributed by atoms with Gasteiger partial charge in [0.15, 0.2) is 11.6 Å². The number of fused-ring (bicyclic) bond motifs is 1. The van der Waals surface area contributed by atoms with E-state index in [4.69, 9.17) is 9.47 Å². The van der Waals surface area contributed by atoms with Gasteiger partial charge < -0.3 is 19.3 Å². The van der Waals surface area contributed by atoms with Gasteiger partial charge in [0.2, 0.25) is 5.60 Å². The number of nitrogens with one attached hydrogen (secondary N) is 1. The van der Waals surface area contributed by atoms with Crippen LogP contribution in [-0.2, 0) is 14.8 Å². The molecule has 1 amide bonds. The lowest BCUT2D eigenvalue weighted by Crippen LogP contribution is -2.45. The van der Waals surface area contributed by atoms with Crippen LogP contribution in [0.2, 0.25) is 0 Å². The minimum Gasteiger partial charge on any atom is -0.512 e. The molecule has 0 unspecified atom stereocenters. The molecule has 218 valence electrons. The molecule has 2 aromatic rings. The minimum absolute atomic E-state index is 0.0277. The van der Waals surface area contributed by atoms with E-state index in [9.17, 15) is 35.9 Å². The third kappa shape index (κ3) is 5.62. The van der Waals surface area contributed by atoms with E-state index in [1.165, 1.54) is 25.3 Å². The van der Waals surface area contributed by atoms with Crippen LogP contribution in [0, 0.1) is 11.2 Å². The van der Waals surface area contributed by atoms with E-state index in [0.29, 0.717) is 26.7 Å². The van der Waals surface area contributed by atoms with Crippen molar-refractivity contribution < 1.29 is 50.1 Å². The normalized spacial score (nSPS) is 18.3. The highest BCUT2D eigenvalue weighted by atomic mass is 32.2. The van der Waals surface area contributed by atoms with Crippen LogP contribution < -0.4 is 19.1 Å². The molecule has 1 atom stereocenters. The second-order valence-corrected chi connectivity index (χ2v) is 12.1. The van der Waals surface area contributed by atoms with Crippen molar-refractivity contribution in [2.45, 2.75) is 55.9 Å². The fraction of sp³-hybridized carbons (Fsp3) is 0.423. The Balaban J connectivity index is 1.70. The maximum absolute atomic E-state index is 14.0. The molecule has 0 aromatic heterocycles. The number of ether oxygens (including phenoxy) is 3. The first-order chi connectivity index (χ1) is 18.5. The Kier molecular flexibility index (Phi) is 7.37. The lowest BCUT2D eigenvalue weighted by atomic mass is 9.96. The Labute approximate surface area is 228 Å². The van der Waals surface area contributed by atoms with Crippen molar-refractivity contribution in [1.82, 2.24) is 0 Å². The van der Waals surface area contributed by atoms with E-state index in [0.717, 1.165) is 22.5 Å². The highest BCUT2D eigenvalue weighted by Gasteiger charge is 2.51. The van der Waals surface area contributed by atoms with E-state index < -0.39 is 45.2 Å². The SMILES string of the molecule is C=C(O)C1(C[C@@H]2CN(S(=O)(=O)c3ccc(F)c(OC)c3)c3cc(NC(=O)OC(C)(C)C(F)(F)F)ccc3O2)CC1. The van der Waals surface area contributed by atoms with Crippen molar-refractivity contribution in [3.63, 3.8) is 0 Å². The molecular weight excluding hydrogens is 560 g/mol. The first-order valence-corrected chi connectivity index (χ1v) is 13.6. The summed E-state index contributed by atoms with van der Waals surface area (Å²) >= 11 is 0. The first-order valence-electron chi connectivity index (χ1n) is 12.1. The average Bonchev–Trinajstić information content (AvgIpc) is 3.63. The molecule has 0 saturated heterocycles. The molecule has 1 saturated carbocycles. The quantitative estimate of drug-likeness (QED) is 0.291. The van der Waals surface area contributed by atoms with E-state index >= 15 is 0 Å². The van der Waals surface area contributed by atoms with Gasteiger partial charge in [-0.1, -0.05) is 6.58 Å². The predicted octanol–water partition coefficient (Wildman–Crippen LogP) is 5.92. The number of alkyl halides is 3. The summed E-state index contributed by atoms with van der Waals surface area (Å²) in [6.45, 7) is 4.77. The molecule has 1 aliphatic carbocycles. The first kappa shape index (κ1) is 29.3. The number of methoxy groups -OCH3 is 1. The third-order valence-corrected chi connectivity index (χ3v) is 8.74. The molecule has 1 heterocycles. The molecule has 9 nitrogen and oxygen atoms in total. The summed E-state index contributed by atoms with van der Waals surface area (Å²) in [7, 11) is -3.19. The van der Waals surface area contributed by atoms with Gasteiger partial charge in [-0.05, 0) is 63.4 Å². The number of rotatable bonds is 8. The number of carbonyl (C=O) groups is 1. The van der Waals surface area contributed by atoms with Crippen LogP contribution in [0.3, 0.4) is 0 Å². The monoisotopic (exact) mass is 588 g/mol. The number of benzene rings is 2. The molecule has 4 rings (SSSR count). The van der Waals surface area contributed by atoms with Gasteiger partial charge in [-0.3, -0.25) is 9.62 Å². The van der Waals surface area contributed by atoms with Crippen LogP contribution in [0.1, 0.15) is 33.1 Å². The van der Waals surface area contributed by atoms with E-state index in [-0.39, 0.29) is 46.5 Å². The summed E-state index contributed by atoms with van der Waals surface area (Å²) in [5, 5.41) is 12.2. The molecule has 1 fully saturated rings. The fourth-order valence-electron chi connectivity index (χ4n) is 4.28. The Bertz CT molecular complexity index is 1440. The highest BCUT2D eigenvalue weighted by Crippen LogP contribution is 2.55. The van der Waals surface area contributed by atoms with Crippen molar-refractivity contribution in [2.75, 3.05) is 23.3 Å². The zero-order valence-corrected chi connectivity index (χ0v) is 22.7. The van der Waals surface area contributed by atoms with Crippen molar-refractivity contribution in [2.24, 2.45) is 5.41 Å². The van der Waals surface area contributed by atoms with Gasteiger partial charge in [0.1, 0.15) is 11.9 Å². The Hall–Kier alpha value is -3.68. The van der Waals surface area contributed by atoms with Gasteiger partial charge in [0.25, 0.3) is 10.0 Å². The van der Waals surface area contributed by atoms with Crippen molar-refractivity contribution in [1.29, 1.82) is 0 Å². The Morgan fingerprint density at radius 2 is 1.90 bits per heavy atom. The lowest BCUT2D eigenvalue weighted by Gasteiger charge is -2.37. The molecule has 14 heteroatoms. The van der Waals surface area contributed by atoms with Crippen LogP contribution in [0.5, 0.6) is 11.5 Å². The number of aliphatic hydroxyl groups is 1. The maximum Gasteiger partial charge on any atom is 0.427 e. The van der Waals surface area contributed by atoms with E-state index in [1.54, 1.807) is 0 Å². The number of allylic oxidation sites excluding steroid dienone is 1. The van der Waals surface area contributed by atoms with Crippen molar-refractivity contribution in [3.05, 3.63) is 54.6 Å². The number of hydrogen-bond donors (Lipinski definition) is 2. The van der Waals surface area contributed by atoms with Gasteiger partial charge in [-0.2, -0.15) is 13.2 Å². The predicted molar refractivity (Wildman–Crippen MR) is 137 cm³/mol. The summed E-state index contributed by atoms with van der Waals surface area (Å²) in [5.41, 5.74) is -3.48. The standard InChI is InChI=1S/C26H28F4N2O7S/c1-15(33)25(9-10-25)13-17-14-32(40(35,36)18-6-7-19(27)22(12-18)37-4)20-11-16(5-8-21(20)38-17)31-23(34)39-24(2,3)26(28,29)30/h5-8,11-12,17,33H,1,9-10,13-14H2,2-4H3,(H,31,34)/t17-/m1/s1. The molecule has 0 spiro atoms. The Morgan fingerprint density at radius 3 is 2.48 bits per heavy atom. The van der Waals surface area contributed by atoms with Gasteiger partial charge in [-0.25, -0.2) is 17.6 Å². The minimum atomic E-state index is -4.83. The number of sulfonamides is 1. The molecular formula is C26H28F4N2O7S. The van der Waals surface area contributed by atoms with Crippen LogP contribution in [0.15, 0.2) is 53.6 Å². The largest absolute Gasteiger partial charge is 0.512 e. The van der Waals surface area contributed by atoms with Gasteiger partial charge in [0, 0.05) is 17.2 Å². The summed E-state index contributed by atoms with van der Waals surface area (Å²) < 4.78 is 97.6. The van der Waals surface area contributed by atoms with Gasteiger partial charge >= 0.3 is 12.3 Å². The molecule has 0 bridgehead atoms. The molecule has 2 aromatic carbocycles. The molecule has 1 aliphatic heterocycles. The maximum atomic E-state index is 14.0. The number of hydrogen-bond acceptors (Lipinski definition) is 7. The average molecular weight is 589 g/mol. The second-order valence-electron chi connectivity index (χ2n) is 10.2. The molecule has 2 N–H and O–H groups in total. The number of anilines is 2. The smallest absolute Gasteiger partial charge is 0.427 e. The molecule has 40 heavy (non-hydrogen) atoms. The van der Waals surface area contributed by atoms with Crippen molar-refractivity contribution in [3.8, 4) is 11.5 Å². The lowest BCUT2D eigenvalue weighted by molar-refractivity contribution is -0.242. The summed E-state index contributed by atoms with van der Waals surface area (Å²) in [4.78, 5) is 12.0. The highest BCUT2D eigenvalue weighted by molar-refractivity contribution is 7.92. The van der Waals surface area contributed by atoms with Crippen LogP contribution in [-0.4, -0.2) is 51.2 Å². The Morgan fingerprint density at radius 1 is 1.23 bits per heavy atom. The molecule has 2 aliphatic rings. The number of nitrogens with zero attached hydrogens (tertiary/aromatic N) is 1. The fourth-order valence-corrected chi connectivity index (χ4v) is 5.80. The van der Waals surface area contributed by atoms with Gasteiger partial charge in [0.05, 0.1) is 30.0 Å². The second kappa shape index (κ2) is 10.1. The molecule has 0 radical (unpaired) electrons. The van der Waals surface area contributed by atoms with E-state index in [2.05, 4.69) is 16.6 Å². The van der Waals surface area contributed by atoms with Crippen LogP contribution in [0.25, 0.3) is 0 Å².